The number of aryl methyl sites for hydroxylation is 1. The monoisotopic (exact) mass is 412 g/mol. The van der Waals surface area contributed by atoms with Gasteiger partial charge in [0.05, 0.1) is 16.6 Å². The summed E-state index contributed by atoms with van der Waals surface area (Å²) in [5.41, 5.74) is 3.86. The van der Waals surface area contributed by atoms with E-state index < -0.39 is 0 Å². The first kappa shape index (κ1) is 19.9. The molecule has 1 fully saturated rings. The molecule has 0 unspecified atom stereocenters. The number of rotatable bonds is 4. The SMILES string of the molecule is Cc1noc2nc(C(C)C)cc(C(=O)N3CCN(Cc4ccc(Cl)cc4)CC3)c12. The minimum absolute atomic E-state index is 0.0248. The van der Waals surface area contributed by atoms with E-state index in [1.807, 2.05) is 30.0 Å². The molecule has 7 heteroatoms. The highest BCUT2D eigenvalue weighted by Crippen LogP contribution is 2.26. The van der Waals surface area contributed by atoms with Gasteiger partial charge in [-0.05, 0) is 36.6 Å². The number of carbonyl (C=O) groups is 1. The standard InChI is InChI=1S/C22H25ClN4O2/c1-14(2)19-12-18(20-15(3)25-29-21(20)24-19)22(28)27-10-8-26(9-11-27)13-16-4-6-17(23)7-5-16/h4-7,12,14H,8-11,13H2,1-3H3. The fourth-order valence-corrected chi connectivity index (χ4v) is 3.83. The summed E-state index contributed by atoms with van der Waals surface area (Å²) in [4.78, 5) is 22.1. The molecule has 0 spiro atoms. The molecule has 1 aromatic carbocycles. The van der Waals surface area contributed by atoms with Crippen molar-refractivity contribution < 1.29 is 9.32 Å². The molecule has 1 aliphatic rings. The third-order valence-electron chi connectivity index (χ3n) is 5.44. The minimum atomic E-state index is 0.0248. The summed E-state index contributed by atoms with van der Waals surface area (Å²) >= 11 is 5.97. The summed E-state index contributed by atoms with van der Waals surface area (Å²) in [7, 11) is 0. The molecule has 4 rings (SSSR count). The van der Waals surface area contributed by atoms with E-state index in [1.165, 1.54) is 5.56 Å². The number of fused-ring (bicyclic) bond motifs is 1. The van der Waals surface area contributed by atoms with E-state index in [-0.39, 0.29) is 11.8 Å². The van der Waals surface area contributed by atoms with Crippen molar-refractivity contribution in [2.45, 2.75) is 33.2 Å². The Morgan fingerprint density at radius 1 is 1.17 bits per heavy atom. The maximum Gasteiger partial charge on any atom is 0.259 e. The number of benzene rings is 1. The molecular formula is C22H25ClN4O2. The van der Waals surface area contributed by atoms with Crippen LogP contribution in [0, 0.1) is 6.92 Å². The number of hydrogen-bond donors (Lipinski definition) is 0. The molecule has 0 saturated carbocycles. The van der Waals surface area contributed by atoms with Gasteiger partial charge in [-0.3, -0.25) is 9.69 Å². The lowest BCUT2D eigenvalue weighted by atomic mass is 10.0. The highest BCUT2D eigenvalue weighted by atomic mass is 35.5. The molecule has 152 valence electrons. The Labute approximate surface area is 175 Å². The molecule has 3 heterocycles. The number of piperazine rings is 1. The summed E-state index contributed by atoms with van der Waals surface area (Å²) in [5, 5.41) is 5.50. The Morgan fingerprint density at radius 3 is 2.52 bits per heavy atom. The van der Waals surface area contributed by atoms with Gasteiger partial charge >= 0.3 is 0 Å². The zero-order chi connectivity index (χ0) is 20.5. The van der Waals surface area contributed by atoms with Gasteiger partial charge in [-0.1, -0.05) is 42.7 Å². The number of pyridine rings is 1. The number of carbonyl (C=O) groups excluding carboxylic acids is 1. The van der Waals surface area contributed by atoms with Crippen LogP contribution in [-0.4, -0.2) is 52.0 Å². The number of halogens is 1. The normalized spacial score (nSPS) is 15.4. The van der Waals surface area contributed by atoms with Crippen molar-refractivity contribution in [1.29, 1.82) is 0 Å². The molecule has 6 nitrogen and oxygen atoms in total. The first-order valence-electron chi connectivity index (χ1n) is 9.95. The molecule has 0 bridgehead atoms. The number of hydrogen-bond acceptors (Lipinski definition) is 5. The van der Waals surface area contributed by atoms with Gasteiger partial charge in [-0.15, -0.1) is 0 Å². The Kier molecular flexibility index (Phi) is 5.56. The van der Waals surface area contributed by atoms with Crippen molar-refractivity contribution >= 4 is 28.6 Å². The molecule has 0 atom stereocenters. The molecule has 3 aromatic rings. The molecule has 1 amide bonds. The quantitative estimate of drug-likeness (QED) is 0.640. The Balaban J connectivity index is 1.49. The van der Waals surface area contributed by atoms with Gasteiger partial charge in [-0.2, -0.15) is 0 Å². The van der Waals surface area contributed by atoms with Gasteiger partial charge < -0.3 is 9.42 Å². The van der Waals surface area contributed by atoms with Gasteiger partial charge in [-0.25, -0.2) is 4.98 Å². The second-order valence-electron chi connectivity index (χ2n) is 7.89. The van der Waals surface area contributed by atoms with Crippen molar-refractivity contribution in [3.05, 3.63) is 57.9 Å². The molecule has 29 heavy (non-hydrogen) atoms. The number of nitrogens with zero attached hydrogens (tertiary/aromatic N) is 4. The van der Waals surface area contributed by atoms with Gasteiger partial charge in [0.15, 0.2) is 0 Å². The largest absolute Gasteiger partial charge is 0.336 e. The molecule has 1 saturated heterocycles. The van der Waals surface area contributed by atoms with Crippen LogP contribution in [0.15, 0.2) is 34.9 Å². The summed E-state index contributed by atoms with van der Waals surface area (Å²) < 4.78 is 5.36. The zero-order valence-corrected chi connectivity index (χ0v) is 17.7. The second-order valence-corrected chi connectivity index (χ2v) is 8.33. The highest BCUT2D eigenvalue weighted by Gasteiger charge is 2.26. The molecule has 0 aliphatic carbocycles. The third-order valence-corrected chi connectivity index (χ3v) is 5.69. The molecule has 2 aromatic heterocycles. The van der Waals surface area contributed by atoms with Crippen LogP contribution in [0.1, 0.15) is 47.1 Å². The zero-order valence-electron chi connectivity index (χ0n) is 17.0. The second kappa shape index (κ2) is 8.13. The summed E-state index contributed by atoms with van der Waals surface area (Å²) in [6, 6.07) is 9.84. The average Bonchev–Trinajstić information content (AvgIpc) is 3.10. The third kappa shape index (κ3) is 4.14. The van der Waals surface area contributed by atoms with Crippen molar-refractivity contribution in [2.75, 3.05) is 26.2 Å². The Morgan fingerprint density at radius 2 is 1.86 bits per heavy atom. The van der Waals surface area contributed by atoms with Gasteiger partial charge in [0.25, 0.3) is 11.6 Å². The van der Waals surface area contributed by atoms with Crippen LogP contribution in [0.5, 0.6) is 0 Å². The number of amides is 1. The van der Waals surface area contributed by atoms with Crippen molar-refractivity contribution in [3.8, 4) is 0 Å². The Bertz CT molecular complexity index is 1020. The van der Waals surface area contributed by atoms with Gasteiger partial charge in [0, 0.05) is 43.4 Å². The molecule has 0 radical (unpaired) electrons. The maximum absolute atomic E-state index is 13.3. The molecular weight excluding hydrogens is 388 g/mol. The fraction of sp³-hybridized carbons (Fsp3) is 0.409. The maximum atomic E-state index is 13.3. The van der Waals surface area contributed by atoms with E-state index in [4.69, 9.17) is 16.1 Å². The van der Waals surface area contributed by atoms with Crippen LogP contribution < -0.4 is 0 Å². The van der Waals surface area contributed by atoms with Crippen molar-refractivity contribution in [1.82, 2.24) is 19.9 Å². The number of aromatic nitrogens is 2. The fourth-order valence-electron chi connectivity index (χ4n) is 3.71. The van der Waals surface area contributed by atoms with Crippen LogP contribution in [0.2, 0.25) is 5.02 Å². The smallest absolute Gasteiger partial charge is 0.259 e. The summed E-state index contributed by atoms with van der Waals surface area (Å²) in [6.07, 6.45) is 0. The van der Waals surface area contributed by atoms with Crippen LogP contribution in [0.3, 0.4) is 0 Å². The summed E-state index contributed by atoms with van der Waals surface area (Å²) in [6.45, 7) is 9.88. The van der Waals surface area contributed by atoms with Gasteiger partial charge in [0.2, 0.25) is 0 Å². The van der Waals surface area contributed by atoms with Crippen LogP contribution in [-0.2, 0) is 6.54 Å². The highest BCUT2D eigenvalue weighted by molar-refractivity contribution is 6.30. The van der Waals surface area contributed by atoms with E-state index in [2.05, 4.69) is 41.0 Å². The molecule has 1 aliphatic heterocycles. The minimum Gasteiger partial charge on any atom is -0.336 e. The lowest BCUT2D eigenvalue weighted by Gasteiger charge is -2.35. The summed E-state index contributed by atoms with van der Waals surface area (Å²) in [5.74, 6) is 0.226. The lowest BCUT2D eigenvalue weighted by Crippen LogP contribution is -2.48. The van der Waals surface area contributed by atoms with E-state index in [1.54, 1.807) is 0 Å². The Hall–Kier alpha value is -2.44. The van der Waals surface area contributed by atoms with Crippen LogP contribution in [0.4, 0.5) is 0 Å². The van der Waals surface area contributed by atoms with E-state index in [0.29, 0.717) is 30.1 Å². The van der Waals surface area contributed by atoms with Gasteiger partial charge in [0.1, 0.15) is 0 Å². The lowest BCUT2D eigenvalue weighted by molar-refractivity contribution is 0.0630. The van der Waals surface area contributed by atoms with Crippen LogP contribution >= 0.6 is 11.6 Å². The van der Waals surface area contributed by atoms with Crippen molar-refractivity contribution in [3.63, 3.8) is 0 Å². The molecule has 0 N–H and O–H groups in total. The van der Waals surface area contributed by atoms with Crippen LogP contribution in [0.25, 0.3) is 11.1 Å². The van der Waals surface area contributed by atoms with E-state index in [9.17, 15) is 4.79 Å². The van der Waals surface area contributed by atoms with E-state index in [0.717, 1.165) is 35.7 Å². The predicted octanol–water partition coefficient (Wildman–Crippen LogP) is 4.27. The van der Waals surface area contributed by atoms with Crippen molar-refractivity contribution in [2.24, 2.45) is 0 Å². The van der Waals surface area contributed by atoms with E-state index >= 15 is 0 Å². The topological polar surface area (TPSA) is 62.5 Å². The first-order chi connectivity index (χ1) is 13.9. The first-order valence-corrected chi connectivity index (χ1v) is 10.3. The predicted molar refractivity (Wildman–Crippen MR) is 113 cm³/mol. The average molecular weight is 413 g/mol.